The molecule has 0 saturated heterocycles. The first-order valence-corrected chi connectivity index (χ1v) is 12.8. The molecule has 2 amide bonds. The van der Waals surface area contributed by atoms with Crippen molar-refractivity contribution in [3.8, 4) is 11.5 Å². The first-order chi connectivity index (χ1) is 20.4. The Labute approximate surface area is 244 Å². The molecule has 44 heavy (non-hydrogen) atoms. The summed E-state index contributed by atoms with van der Waals surface area (Å²) in [4.78, 5) is 46.0. The topological polar surface area (TPSA) is 149 Å². The van der Waals surface area contributed by atoms with E-state index >= 15 is 0 Å². The number of benzene rings is 2. The van der Waals surface area contributed by atoms with Gasteiger partial charge in [-0.2, -0.15) is 26.3 Å². The molecule has 0 aliphatic rings. The van der Waals surface area contributed by atoms with Crippen LogP contribution in [0.3, 0.4) is 0 Å². The molecule has 1 atom stereocenters. The molecule has 0 bridgehead atoms. The van der Waals surface area contributed by atoms with Gasteiger partial charge in [-0.3, -0.25) is 14.4 Å². The minimum atomic E-state index is -5.39. The first-order valence-electron chi connectivity index (χ1n) is 12.8. The molecule has 0 radical (unpaired) electrons. The molecule has 16 heteroatoms. The van der Waals surface area contributed by atoms with E-state index in [9.17, 15) is 45.8 Å². The maximum Gasteiger partial charge on any atom is 0.420 e. The molecule has 10 nitrogen and oxygen atoms in total. The van der Waals surface area contributed by atoms with Crippen LogP contribution in [0.15, 0.2) is 49.1 Å². The lowest BCUT2D eigenvalue weighted by Gasteiger charge is -2.27. The van der Waals surface area contributed by atoms with Crippen molar-refractivity contribution in [3.63, 3.8) is 0 Å². The van der Waals surface area contributed by atoms with Crippen LogP contribution in [-0.2, 0) is 32.3 Å². The summed E-state index contributed by atoms with van der Waals surface area (Å²) >= 11 is 0. The van der Waals surface area contributed by atoms with Gasteiger partial charge in [-0.05, 0) is 48.7 Å². The third kappa shape index (κ3) is 6.79. The van der Waals surface area contributed by atoms with Gasteiger partial charge in [-0.15, -0.1) is 0 Å². The summed E-state index contributed by atoms with van der Waals surface area (Å²) in [5.74, 6) is -6.47. The van der Waals surface area contributed by atoms with E-state index in [2.05, 4.69) is 20.3 Å². The predicted octanol–water partition coefficient (Wildman–Crippen LogP) is 6.29. The number of alkyl halides is 6. The fourth-order valence-electron chi connectivity index (χ4n) is 4.57. The van der Waals surface area contributed by atoms with Gasteiger partial charge in [0.15, 0.2) is 5.75 Å². The third-order valence-electron chi connectivity index (χ3n) is 6.65. The molecule has 4 aromatic rings. The van der Waals surface area contributed by atoms with Crippen molar-refractivity contribution >= 4 is 34.4 Å². The highest BCUT2D eigenvalue weighted by Crippen LogP contribution is 2.48. The van der Waals surface area contributed by atoms with Crippen LogP contribution in [0, 0.1) is 0 Å². The molecular formula is C28H25F6N5O5. The lowest BCUT2D eigenvalue weighted by atomic mass is 9.94. The Kier molecular flexibility index (Phi) is 8.39. The summed E-state index contributed by atoms with van der Waals surface area (Å²) in [7, 11) is 0. The third-order valence-corrected chi connectivity index (χ3v) is 6.65. The van der Waals surface area contributed by atoms with E-state index in [1.165, 1.54) is 37.6 Å². The Morgan fingerprint density at radius 1 is 0.977 bits per heavy atom. The number of nitrogens with zero attached hydrogens (tertiary/aromatic N) is 1. The molecule has 4 rings (SSSR count). The average Bonchev–Trinajstić information content (AvgIpc) is 3.58. The number of aromatic nitrogens is 3. The number of carboxylic acid groups (broad SMARTS) is 1. The van der Waals surface area contributed by atoms with Crippen molar-refractivity contribution in [1.82, 2.24) is 20.3 Å². The standard InChI is InChI=1S/C28H25F6N5O5/c1-13(2)17-10-36-20-5-4-15(8-16(17)20)44-23-18(27(29,30)31)6-14(7-19(23)28(32,33)34)38-24(42)25(43)39-26(3,9-22(40)41)21-11-35-12-37-21/h4-8,10-13,36H,9H2,1-3H3,(H,35,37)(H,38,42)(H,39,43)(H,40,41). The van der Waals surface area contributed by atoms with Crippen LogP contribution < -0.4 is 15.4 Å². The number of aliphatic carboxylic acids is 1. The van der Waals surface area contributed by atoms with Crippen molar-refractivity contribution in [2.45, 2.75) is 51.0 Å². The number of fused-ring (bicyclic) bond motifs is 1. The van der Waals surface area contributed by atoms with Gasteiger partial charge in [-0.1, -0.05) is 13.8 Å². The maximum absolute atomic E-state index is 14.2. The van der Waals surface area contributed by atoms with Crippen molar-refractivity contribution in [2.75, 3.05) is 5.32 Å². The van der Waals surface area contributed by atoms with Crippen molar-refractivity contribution in [3.05, 3.63) is 71.4 Å². The minimum absolute atomic E-state index is 0.000362. The zero-order valence-corrected chi connectivity index (χ0v) is 23.2. The number of hydrogen-bond donors (Lipinski definition) is 5. The number of carbonyl (C=O) groups excluding carboxylic acids is 2. The molecule has 1 unspecified atom stereocenters. The highest BCUT2D eigenvalue weighted by Gasteiger charge is 2.43. The summed E-state index contributed by atoms with van der Waals surface area (Å²) in [6, 6.07) is 4.37. The number of imidazole rings is 1. The summed E-state index contributed by atoms with van der Waals surface area (Å²) in [6.07, 6.45) is -7.45. The number of nitrogens with one attached hydrogen (secondary N) is 4. The number of carboxylic acids is 1. The summed E-state index contributed by atoms with van der Waals surface area (Å²) in [5, 5.41) is 13.6. The van der Waals surface area contributed by atoms with Gasteiger partial charge in [0.2, 0.25) is 0 Å². The number of amides is 2. The Balaban J connectivity index is 1.71. The fraction of sp³-hybridized carbons (Fsp3) is 0.286. The lowest BCUT2D eigenvalue weighted by molar-refractivity contribution is -0.145. The van der Waals surface area contributed by atoms with Gasteiger partial charge in [0.25, 0.3) is 0 Å². The van der Waals surface area contributed by atoms with Crippen LogP contribution in [0.4, 0.5) is 32.0 Å². The molecule has 2 heterocycles. The molecular weight excluding hydrogens is 600 g/mol. The van der Waals surface area contributed by atoms with E-state index in [4.69, 9.17) is 4.74 Å². The molecule has 2 aromatic carbocycles. The Hall–Kier alpha value is -5.02. The second-order valence-corrected chi connectivity index (χ2v) is 10.4. The molecule has 0 aliphatic heterocycles. The van der Waals surface area contributed by atoms with Crippen LogP contribution in [0.25, 0.3) is 10.9 Å². The molecule has 234 valence electrons. The fourth-order valence-corrected chi connectivity index (χ4v) is 4.57. The number of carbonyl (C=O) groups is 3. The summed E-state index contributed by atoms with van der Waals surface area (Å²) in [6.45, 7) is 4.93. The molecule has 0 spiro atoms. The largest absolute Gasteiger partial charge is 0.481 e. The number of hydrogen-bond acceptors (Lipinski definition) is 5. The molecule has 2 aromatic heterocycles. The van der Waals surface area contributed by atoms with E-state index in [0.717, 1.165) is 5.56 Å². The normalized spacial score (nSPS) is 13.5. The monoisotopic (exact) mass is 625 g/mol. The van der Waals surface area contributed by atoms with Crippen LogP contribution >= 0.6 is 0 Å². The highest BCUT2D eigenvalue weighted by atomic mass is 19.4. The van der Waals surface area contributed by atoms with Crippen molar-refractivity contribution < 1.29 is 50.6 Å². The number of aromatic amines is 2. The van der Waals surface area contributed by atoms with E-state index in [1.807, 2.05) is 13.8 Å². The van der Waals surface area contributed by atoms with Gasteiger partial charge in [0.1, 0.15) is 16.9 Å². The Morgan fingerprint density at radius 2 is 1.61 bits per heavy atom. The predicted molar refractivity (Wildman–Crippen MR) is 144 cm³/mol. The van der Waals surface area contributed by atoms with Crippen LogP contribution in [0.1, 0.15) is 55.5 Å². The number of ether oxygens (including phenoxy) is 1. The van der Waals surface area contributed by atoms with Gasteiger partial charge in [-0.25, -0.2) is 4.98 Å². The van der Waals surface area contributed by atoms with Crippen molar-refractivity contribution in [1.29, 1.82) is 0 Å². The molecule has 0 fully saturated rings. The zero-order chi connectivity index (χ0) is 32.6. The van der Waals surface area contributed by atoms with Crippen molar-refractivity contribution in [2.24, 2.45) is 0 Å². The second kappa shape index (κ2) is 11.6. The molecule has 0 aliphatic carbocycles. The van der Waals surface area contributed by atoms with E-state index in [0.29, 0.717) is 10.9 Å². The SMILES string of the molecule is CC(C)c1c[nH]c2ccc(Oc3c(C(F)(F)F)cc(NC(=O)C(=O)NC(C)(CC(=O)O)c4c[nH]cn4)cc3C(F)(F)F)cc12. The van der Waals surface area contributed by atoms with Crippen LogP contribution in [0.5, 0.6) is 11.5 Å². The average molecular weight is 626 g/mol. The first kappa shape index (κ1) is 31.9. The van der Waals surface area contributed by atoms with E-state index in [-0.39, 0.29) is 29.5 Å². The Bertz CT molecular complexity index is 1680. The molecule has 0 saturated carbocycles. The van der Waals surface area contributed by atoms with Gasteiger partial charge in [0, 0.05) is 29.0 Å². The lowest BCUT2D eigenvalue weighted by Crippen LogP contribution is -2.49. The van der Waals surface area contributed by atoms with E-state index < -0.39 is 64.7 Å². The smallest absolute Gasteiger partial charge is 0.420 e. The molecule has 5 N–H and O–H groups in total. The second-order valence-electron chi connectivity index (χ2n) is 10.4. The summed E-state index contributed by atoms with van der Waals surface area (Å²) in [5.41, 5.74) is -5.15. The Morgan fingerprint density at radius 3 is 2.14 bits per heavy atom. The van der Waals surface area contributed by atoms with E-state index in [1.54, 1.807) is 11.5 Å². The number of H-pyrrole nitrogens is 2. The van der Waals surface area contributed by atoms with Gasteiger partial charge in [0.05, 0.1) is 24.0 Å². The maximum atomic E-state index is 14.2. The number of rotatable bonds is 8. The zero-order valence-electron chi connectivity index (χ0n) is 23.2. The van der Waals surface area contributed by atoms with Gasteiger partial charge >= 0.3 is 30.1 Å². The quantitative estimate of drug-likeness (QED) is 0.115. The number of anilines is 1. The van der Waals surface area contributed by atoms with Crippen LogP contribution in [0.2, 0.25) is 0 Å². The highest BCUT2D eigenvalue weighted by molar-refractivity contribution is 6.39. The number of halogens is 6. The summed E-state index contributed by atoms with van der Waals surface area (Å²) < 4.78 is 90.2. The van der Waals surface area contributed by atoms with Crippen LogP contribution in [-0.4, -0.2) is 37.8 Å². The minimum Gasteiger partial charge on any atom is -0.481 e. The van der Waals surface area contributed by atoms with Gasteiger partial charge < -0.3 is 30.4 Å².